The van der Waals surface area contributed by atoms with Gasteiger partial charge in [0.05, 0.1) is 0 Å². The predicted molar refractivity (Wildman–Crippen MR) is 47.3 cm³/mol. The lowest BCUT2D eigenvalue weighted by Gasteiger charge is -2.09. The van der Waals surface area contributed by atoms with Crippen LogP contribution < -0.4 is 22.1 Å². The van der Waals surface area contributed by atoms with Crippen LogP contribution in [-0.2, 0) is 9.59 Å². The average molecular weight is 204 g/mol. The highest BCUT2D eigenvalue weighted by Crippen LogP contribution is 1.85. The van der Waals surface area contributed by atoms with Gasteiger partial charge in [-0.3, -0.25) is 20.2 Å². The monoisotopic (exact) mass is 204 g/mol. The van der Waals surface area contributed by atoms with Gasteiger partial charge >= 0.3 is 6.03 Å². The molecule has 8 heteroatoms. The molecular formula is C5H8N4O3S. The van der Waals surface area contributed by atoms with Gasteiger partial charge < -0.3 is 11.5 Å². The molecule has 0 unspecified atom stereocenters. The summed E-state index contributed by atoms with van der Waals surface area (Å²) < 4.78 is 0. The molecule has 1 saturated heterocycles. The maximum absolute atomic E-state index is 10.3. The Labute approximate surface area is 78.8 Å². The molecule has 13 heavy (non-hydrogen) atoms. The molecular weight excluding hydrogens is 196 g/mol. The second kappa shape index (κ2) is 5.04. The maximum atomic E-state index is 10.3. The van der Waals surface area contributed by atoms with Crippen molar-refractivity contribution in [3.05, 3.63) is 0 Å². The minimum absolute atomic E-state index is 0.000000000000000222. The van der Waals surface area contributed by atoms with Crippen molar-refractivity contribution < 1.29 is 14.4 Å². The molecule has 0 saturated carbocycles. The zero-order chi connectivity index (χ0) is 10.4. The third-order valence-electron chi connectivity index (χ3n) is 0.827. The van der Waals surface area contributed by atoms with Gasteiger partial charge in [0.2, 0.25) is 11.8 Å². The minimum atomic E-state index is -0.740. The molecule has 0 atom stereocenters. The first-order chi connectivity index (χ1) is 5.91. The summed E-state index contributed by atoms with van der Waals surface area (Å²) in [6.07, 6.45) is -0.258. The van der Waals surface area contributed by atoms with Crippen LogP contribution in [0.1, 0.15) is 6.42 Å². The van der Waals surface area contributed by atoms with E-state index < -0.39 is 17.8 Å². The summed E-state index contributed by atoms with van der Waals surface area (Å²) >= 11 is 4.09. The van der Waals surface area contributed by atoms with Crippen LogP contribution in [0.5, 0.6) is 0 Å². The van der Waals surface area contributed by atoms with Crippen LogP contribution in [-0.4, -0.2) is 23.0 Å². The Morgan fingerprint density at radius 2 is 1.46 bits per heavy atom. The maximum Gasteiger partial charge on any atom is 0.328 e. The van der Waals surface area contributed by atoms with Crippen molar-refractivity contribution in [2.45, 2.75) is 6.42 Å². The molecule has 4 amide bonds. The highest BCUT2D eigenvalue weighted by atomic mass is 32.1. The van der Waals surface area contributed by atoms with Crippen molar-refractivity contribution in [2.24, 2.45) is 11.5 Å². The number of hydrogen-bond donors (Lipinski definition) is 4. The number of imide groups is 2. The van der Waals surface area contributed by atoms with Crippen molar-refractivity contribution in [3.8, 4) is 0 Å². The molecule has 0 aromatic carbocycles. The lowest BCUT2D eigenvalue weighted by Crippen LogP contribution is -2.49. The summed E-state index contributed by atoms with van der Waals surface area (Å²) in [5, 5.41) is 3.80. The number of thiocarbonyl (C=S) groups is 1. The summed E-state index contributed by atoms with van der Waals surface area (Å²) in [5.74, 6) is -1.10. The molecule has 1 rings (SSSR count). The molecule has 0 aromatic heterocycles. The van der Waals surface area contributed by atoms with E-state index in [2.05, 4.69) is 23.7 Å². The van der Waals surface area contributed by atoms with Crippen LogP contribution in [0.3, 0.4) is 0 Å². The summed E-state index contributed by atoms with van der Waals surface area (Å²) in [5.41, 5.74) is 9.24. The first-order valence-corrected chi connectivity index (χ1v) is 3.51. The van der Waals surface area contributed by atoms with Gasteiger partial charge in [-0.25, -0.2) is 4.79 Å². The topological polar surface area (TPSA) is 127 Å². The largest absolute Gasteiger partial charge is 0.377 e. The molecule has 1 fully saturated rings. The van der Waals surface area contributed by atoms with Crippen LogP contribution >= 0.6 is 12.2 Å². The third-order valence-corrected chi connectivity index (χ3v) is 0.827. The number of rotatable bonds is 0. The molecule has 0 radical (unpaired) electrons. The fourth-order valence-corrected chi connectivity index (χ4v) is 0.519. The lowest BCUT2D eigenvalue weighted by atomic mass is 10.3. The van der Waals surface area contributed by atoms with E-state index in [4.69, 9.17) is 0 Å². The Morgan fingerprint density at radius 3 is 1.69 bits per heavy atom. The molecule has 0 bridgehead atoms. The van der Waals surface area contributed by atoms with Gasteiger partial charge in [-0.2, -0.15) is 0 Å². The van der Waals surface area contributed by atoms with E-state index in [1.807, 2.05) is 10.6 Å². The number of urea groups is 1. The van der Waals surface area contributed by atoms with E-state index >= 15 is 0 Å². The Kier molecular flexibility index (Phi) is 4.38. The van der Waals surface area contributed by atoms with E-state index in [0.717, 1.165) is 0 Å². The molecule has 0 aliphatic carbocycles. The van der Waals surface area contributed by atoms with Crippen molar-refractivity contribution in [1.29, 1.82) is 0 Å². The fourth-order valence-electron chi connectivity index (χ4n) is 0.519. The highest BCUT2D eigenvalue weighted by Gasteiger charge is 2.20. The average Bonchev–Trinajstić information content (AvgIpc) is 1.80. The quantitative estimate of drug-likeness (QED) is 0.265. The van der Waals surface area contributed by atoms with Crippen LogP contribution in [0.4, 0.5) is 4.79 Å². The smallest absolute Gasteiger partial charge is 0.328 e. The summed E-state index contributed by atoms with van der Waals surface area (Å²) in [6.45, 7) is 0. The van der Waals surface area contributed by atoms with Gasteiger partial charge in [-0.05, 0) is 12.2 Å². The second-order valence-corrected chi connectivity index (χ2v) is 2.48. The number of nitrogens with two attached hydrogens (primary N) is 2. The van der Waals surface area contributed by atoms with Gasteiger partial charge in [-0.15, -0.1) is 0 Å². The Balaban J connectivity index is 0.000000310. The molecule has 0 aromatic rings. The Morgan fingerprint density at radius 1 is 1.15 bits per heavy atom. The van der Waals surface area contributed by atoms with E-state index in [-0.39, 0.29) is 11.5 Å². The second-order valence-electron chi connectivity index (χ2n) is 2.00. The van der Waals surface area contributed by atoms with Gasteiger partial charge in [0.25, 0.3) is 0 Å². The normalized spacial score (nSPS) is 14.9. The van der Waals surface area contributed by atoms with E-state index in [1.54, 1.807) is 0 Å². The minimum Gasteiger partial charge on any atom is -0.377 e. The number of hydrogen-bond acceptors (Lipinski definition) is 4. The number of carbonyl (C=O) groups excluding carboxylic acids is 3. The Bertz CT molecular complexity index is 215. The standard InChI is InChI=1S/C4H4N2O3.CH4N2S/c7-2-1-3(8)6-4(9)5-2;2-1(3)4/h1H2,(H2,5,6,7,8,9);(H4,2,3,4). The van der Waals surface area contributed by atoms with Crippen molar-refractivity contribution >= 4 is 35.2 Å². The third kappa shape index (κ3) is 6.69. The van der Waals surface area contributed by atoms with Crippen LogP contribution in [0.15, 0.2) is 0 Å². The Hall–Kier alpha value is -1.70. The zero-order valence-corrected chi connectivity index (χ0v) is 7.31. The molecule has 1 aliphatic heterocycles. The lowest BCUT2D eigenvalue weighted by molar-refractivity contribution is -0.129. The summed E-state index contributed by atoms with van der Waals surface area (Å²) in [7, 11) is 0. The fraction of sp³-hybridized carbons (Fsp3) is 0.200. The number of nitrogens with one attached hydrogen (secondary N) is 2. The molecule has 1 aliphatic rings. The number of carbonyl (C=O) groups is 3. The molecule has 7 nitrogen and oxygen atoms in total. The van der Waals surface area contributed by atoms with Crippen LogP contribution in [0, 0.1) is 0 Å². The zero-order valence-electron chi connectivity index (χ0n) is 6.49. The van der Waals surface area contributed by atoms with Gasteiger partial charge in [-0.1, -0.05) is 0 Å². The number of amides is 4. The van der Waals surface area contributed by atoms with Crippen molar-refractivity contribution in [2.75, 3.05) is 0 Å². The molecule has 0 spiro atoms. The summed E-state index contributed by atoms with van der Waals surface area (Å²) in [6, 6.07) is -0.740. The predicted octanol–water partition coefficient (Wildman–Crippen LogP) is -2.07. The van der Waals surface area contributed by atoms with Crippen LogP contribution in [0.2, 0.25) is 0 Å². The SMILES string of the molecule is NC(N)=S.O=C1CC(=O)NC(=O)N1. The van der Waals surface area contributed by atoms with Crippen LogP contribution in [0.25, 0.3) is 0 Å². The molecule has 72 valence electrons. The van der Waals surface area contributed by atoms with E-state index in [9.17, 15) is 14.4 Å². The van der Waals surface area contributed by atoms with Gasteiger partial charge in [0.1, 0.15) is 6.42 Å². The summed E-state index contributed by atoms with van der Waals surface area (Å²) in [4.78, 5) is 30.8. The van der Waals surface area contributed by atoms with Gasteiger partial charge in [0.15, 0.2) is 5.11 Å². The van der Waals surface area contributed by atoms with E-state index in [0.29, 0.717) is 0 Å². The highest BCUT2D eigenvalue weighted by molar-refractivity contribution is 7.80. The molecule has 1 heterocycles. The van der Waals surface area contributed by atoms with Gasteiger partial charge in [0, 0.05) is 0 Å². The van der Waals surface area contributed by atoms with Crippen molar-refractivity contribution in [1.82, 2.24) is 10.6 Å². The number of barbiturate groups is 1. The molecule has 6 N–H and O–H groups in total. The first kappa shape index (κ1) is 11.3. The first-order valence-electron chi connectivity index (χ1n) is 3.10. The van der Waals surface area contributed by atoms with E-state index in [1.165, 1.54) is 0 Å². The van der Waals surface area contributed by atoms with Crippen molar-refractivity contribution in [3.63, 3.8) is 0 Å².